The Morgan fingerprint density at radius 2 is 2.25 bits per heavy atom. The minimum absolute atomic E-state index is 0.00729. The molecule has 110 valence electrons. The van der Waals surface area contributed by atoms with Crippen LogP contribution in [0.25, 0.3) is 0 Å². The summed E-state index contributed by atoms with van der Waals surface area (Å²) in [6.45, 7) is 2.38. The summed E-state index contributed by atoms with van der Waals surface area (Å²) in [6.07, 6.45) is 0. The Labute approximate surface area is 116 Å². The summed E-state index contributed by atoms with van der Waals surface area (Å²) in [4.78, 5) is 21.4. The van der Waals surface area contributed by atoms with Gasteiger partial charge in [0.2, 0.25) is 5.91 Å². The number of hydrogen-bond donors (Lipinski definition) is 2. The molecule has 0 aromatic heterocycles. The van der Waals surface area contributed by atoms with Crippen molar-refractivity contribution in [3.8, 4) is 11.5 Å². The first-order valence-corrected chi connectivity index (χ1v) is 5.97. The third kappa shape index (κ3) is 4.09. The number of nitro benzene ring substituents is 1. The Morgan fingerprint density at radius 1 is 1.55 bits per heavy atom. The predicted octanol–water partition coefficient (Wildman–Crippen LogP) is 0.446. The summed E-state index contributed by atoms with van der Waals surface area (Å²) in [5.74, 6) is -0.142. The van der Waals surface area contributed by atoms with Gasteiger partial charge in [-0.05, 0) is 18.7 Å². The summed E-state index contributed by atoms with van der Waals surface area (Å²) >= 11 is 0. The Morgan fingerprint density at radius 3 is 2.75 bits per heavy atom. The van der Waals surface area contributed by atoms with Gasteiger partial charge in [-0.2, -0.15) is 0 Å². The van der Waals surface area contributed by atoms with Crippen molar-refractivity contribution in [1.29, 1.82) is 0 Å². The Balaban J connectivity index is 2.80. The van der Waals surface area contributed by atoms with E-state index in [-0.39, 0.29) is 23.8 Å². The van der Waals surface area contributed by atoms with Gasteiger partial charge in [0.15, 0.2) is 5.75 Å². The number of nitrogens with one attached hydrogen (secondary N) is 1. The molecule has 0 fully saturated rings. The van der Waals surface area contributed by atoms with Crippen LogP contribution in [0.15, 0.2) is 18.2 Å². The molecule has 1 amide bonds. The standard InChI is InChI=1S/C12H17N3O5/c1-3-14-9(12(13)16)7-20-8-4-5-11(19-2)10(6-8)15(17)18/h4-6,9,14H,3,7H2,1-2H3,(H2,13,16). The maximum Gasteiger partial charge on any atom is 0.314 e. The van der Waals surface area contributed by atoms with Gasteiger partial charge in [-0.15, -0.1) is 0 Å². The van der Waals surface area contributed by atoms with Gasteiger partial charge in [0.25, 0.3) is 0 Å². The quantitative estimate of drug-likeness (QED) is 0.528. The second kappa shape index (κ2) is 7.29. The molecule has 0 saturated carbocycles. The van der Waals surface area contributed by atoms with Crippen molar-refractivity contribution in [2.45, 2.75) is 13.0 Å². The zero-order valence-electron chi connectivity index (χ0n) is 11.3. The van der Waals surface area contributed by atoms with Gasteiger partial charge in [0.05, 0.1) is 18.1 Å². The van der Waals surface area contributed by atoms with Crippen molar-refractivity contribution in [2.75, 3.05) is 20.3 Å². The fraction of sp³-hybridized carbons (Fsp3) is 0.417. The van der Waals surface area contributed by atoms with Crippen LogP contribution >= 0.6 is 0 Å². The number of carbonyl (C=O) groups excluding carboxylic acids is 1. The number of nitrogens with zero attached hydrogens (tertiary/aromatic N) is 1. The molecule has 3 N–H and O–H groups in total. The number of ether oxygens (including phenoxy) is 2. The molecular formula is C12H17N3O5. The normalized spacial score (nSPS) is 11.7. The number of nitro groups is 1. The third-order valence-electron chi connectivity index (χ3n) is 2.56. The number of nitrogens with two attached hydrogens (primary N) is 1. The summed E-state index contributed by atoms with van der Waals surface area (Å²) in [7, 11) is 1.34. The van der Waals surface area contributed by atoms with Crippen LogP contribution in [-0.4, -0.2) is 37.1 Å². The molecule has 0 radical (unpaired) electrons. The van der Waals surface area contributed by atoms with Crippen LogP contribution in [0, 0.1) is 10.1 Å². The van der Waals surface area contributed by atoms with E-state index in [1.165, 1.54) is 25.3 Å². The van der Waals surface area contributed by atoms with Gasteiger partial charge in [-0.25, -0.2) is 0 Å². The highest BCUT2D eigenvalue weighted by molar-refractivity contribution is 5.80. The van der Waals surface area contributed by atoms with E-state index in [1.54, 1.807) is 0 Å². The highest BCUT2D eigenvalue weighted by Crippen LogP contribution is 2.30. The molecule has 1 rings (SSSR count). The minimum atomic E-state index is -0.652. The van der Waals surface area contributed by atoms with Crippen LogP contribution in [-0.2, 0) is 4.79 Å². The van der Waals surface area contributed by atoms with Crippen molar-refractivity contribution in [3.63, 3.8) is 0 Å². The molecule has 1 aromatic rings. The number of likely N-dealkylation sites (N-methyl/N-ethyl adjacent to an activating group) is 1. The van der Waals surface area contributed by atoms with E-state index in [9.17, 15) is 14.9 Å². The van der Waals surface area contributed by atoms with Gasteiger partial charge < -0.3 is 20.5 Å². The number of primary amides is 1. The monoisotopic (exact) mass is 283 g/mol. The number of methoxy groups -OCH3 is 1. The Bertz CT molecular complexity index is 492. The number of benzene rings is 1. The average Bonchev–Trinajstić information content (AvgIpc) is 2.42. The summed E-state index contributed by atoms with van der Waals surface area (Å²) in [5.41, 5.74) is 5.00. The lowest BCUT2D eigenvalue weighted by molar-refractivity contribution is -0.385. The first-order chi connectivity index (χ1) is 9.49. The van der Waals surface area contributed by atoms with Crippen LogP contribution in [0.3, 0.4) is 0 Å². The summed E-state index contributed by atoms with van der Waals surface area (Å²) in [5, 5.41) is 13.7. The van der Waals surface area contributed by atoms with Crippen LogP contribution < -0.4 is 20.5 Å². The van der Waals surface area contributed by atoms with Crippen molar-refractivity contribution < 1.29 is 19.2 Å². The number of rotatable bonds is 8. The highest BCUT2D eigenvalue weighted by Gasteiger charge is 2.18. The minimum Gasteiger partial charge on any atom is -0.491 e. The van der Waals surface area contributed by atoms with Gasteiger partial charge in [0, 0.05) is 0 Å². The number of hydrogen-bond acceptors (Lipinski definition) is 6. The second-order valence-corrected chi connectivity index (χ2v) is 3.91. The van der Waals surface area contributed by atoms with Crippen LogP contribution in [0.2, 0.25) is 0 Å². The summed E-state index contributed by atoms with van der Waals surface area (Å²) in [6, 6.07) is 3.54. The lowest BCUT2D eigenvalue weighted by atomic mass is 10.2. The molecule has 20 heavy (non-hydrogen) atoms. The Hall–Kier alpha value is -2.35. The molecule has 0 spiro atoms. The third-order valence-corrected chi connectivity index (χ3v) is 2.56. The molecule has 0 heterocycles. The molecular weight excluding hydrogens is 266 g/mol. The number of carbonyl (C=O) groups is 1. The van der Waals surface area contributed by atoms with Gasteiger partial charge in [-0.3, -0.25) is 14.9 Å². The molecule has 8 heteroatoms. The second-order valence-electron chi connectivity index (χ2n) is 3.91. The fourth-order valence-corrected chi connectivity index (χ4v) is 1.57. The van der Waals surface area contributed by atoms with E-state index in [1.807, 2.05) is 6.92 Å². The topological polar surface area (TPSA) is 117 Å². The van der Waals surface area contributed by atoms with Crippen molar-refractivity contribution in [3.05, 3.63) is 28.3 Å². The fourth-order valence-electron chi connectivity index (χ4n) is 1.57. The van der Waals surface area contributed by atoms with E-state index in [0.29, 0.717) is 6.54 Å². The first-order valence-electron chi connectivity index (χ1n) is 5.97. The molecule has 0 aliphatic heterocycles. The SMILES string of the molecule is CCNC(COc1ccc(OC)c([N+](=O)[O-])c1)C(N)=O. The van der Waals surface area contributed by atoms with E-state index >= 15 is 0 Å². The largest absolute Gasteiger partial charge is 0.491 e. The van der Waals surface area contributed by atoms with E-state index in [0.717, 1.165) is 0 Å². The van der Waals surface area contributed by atoms with E-state index < -0.39 is 16.9 Å². The van der Waals surface area contributed by atoms with Gasteiger partial charge in [-0.1, -0.05) is 6.92 Å². The molecule has 1 atom stereocenters. The van der Waals surface area contributed by atoms with Crippen LogP contribution in [0.1, 0.15) is 6.92 Å². The zero-order chi connectivity index (χ0) is 15.1. The van der Waals surface area contributed by atoms with Crippen LogP contribution in [0.5, 0.6) is 11.5 Å². The molecule has 8 nitrogen and oxygen atoms in total. The van der Waals surface area contributed by atoms with E-state index in [4.69, 9.17) is 15.2 Å². The molecule has 0 aliphatic rings. The number of amides is 1. The van der Waals surface area contributed by atoms with Crippen molar-refractivity contribution in [1.82, 2.24) is 5.32 Å². The first kappa shape index (κ1) is 15.7. The van der Waals surface area contributed by atoms with Crippen molar-refractivity contribution in [2.24, 2.45) is 5.73 Å². The average molecular weight is 283 g/mol. The van der Waals surface area contributed by atoms with Gasteiger partial charge >= 0.3 is 5.69 Å². The summed E-state index contributed by atoms with van der Waals surface area (Å²) < 4.78 is 10.2. The maximum atomic E-state index is 11.1. The van der Waals surface area contributed by atoms with E-state index in [2.05, 4.69) is 5.32 Å². The van der Waals surface area contributed by atoms with Crippen molar-refractivity contribution >= 4 is 11.6 Å². The molecule has 1 aromatic carbocycles. The Kier molecular flexibility index (Phi) is 5.73. The lowest BCUT2D eigenvalue weighted by Gasteiger charge is -2.15. The molecule has 0 saturated heterocycles. The van der Waals surface area contributed by atoms with Gasteiger partial charge in [0.1, 0.15) is 18.4 Å². The lowest BCUT2D eigenvalue weighted by Crippen LogP contribution is -2.45. The van der Waals surface area contributed by atoms with Crippen LogP contribution in [0.4, 0.5) is 5.69 Å². The predicted molar refractivity (Wildman–Crippen MR) is 71.8 cm³/mol. The highest BCUT2D eigenvalue weighted by atomic mass is 16.6. The zero-order valence-corrected chi connectivity index (χ0v) is 11.3. The molecule has 0 aliphatic carbocycles. The smallest absolute Gasteiger partial charge is 0.314 e. The maximum absolute atomic E-state index is 11.1. The molecule has 1 unspecified atom stereocenters. The molecule has 0 bridgehead atoms.